The first kappa shape index (κ1) is 39.4. The van der Waals surface area contributed by atoms with E-state index in [2.05, 4.69) is 43.0 Å². The average molecular weight is 589 g/mol. The van der Waals surface area contributed by atoms with Crippen LogP contribution in [0.25, 0.3) is 0 Å². The second-order valence-electron chi connectivity index (χ2n) is 13.9. The van der Waals surface area contributed by atoms with Crippen LogP contribution in [0, 0.1) is 0 Å². The second kappa shape index (κ2) is 31.8. The van der Waals surface area contributed by atoms with Gasteiger partial charge in [-0.1, -0.05) is 207 Å². The Bertz CT molecular complexity index is 544. The molecule has 1 unspecified atom stereocenters. The van der Waals surface area contributed by atoms with Crippen LogP contribution in [-0.2, 0) is 0 Å². The molecule has 0 saturated heterocycles. The molecule has 42 heavy (non-hydrogen) atoms. The van der Waals surface area contributed by atoms with Crippen LogP contribution in [0.4, 0.5) is 0 Å². The van der Waals surface area contributed by atoms with E-state index >= 15 is 0 Å². The fourth-order valence-corrected chi connectivity index (χ4v) is 6.98. The summed E-state index contributed by atoms with van der Waals surface area (Å²) >= 11 is 0. The Labute approximate surface area is 267 Å². The van der Waals surface area contributed by atoms with Crippen molar-refractivity contribution in [3.05, 3.63) is 12.4 Å². The molecular weight excluding hydrogens is 508 g/mol. The summed E-state index contributed by atoms with van der Waals surface area (Å²) in [5, 5.41) is 0. The van der Waals surface area contributed by atoms with Crippen molar-refractivity contribution in [1.29, 1.82) is 0 Å². The minimum atomic E-state index is 0.619. The van der Waals surface area contributed by atoms with E-state index in [0.717, 1.165) is 0 Å². The topological polar surface area (TPSA) is 6.48 Å². The van der Waals surface area contributed by atoms with Gasteiger partial charge in [-0.05, 0) is 19.3 Å². The molecule has 1 heterocycles. The van der Waals surface area contributed by atoms with Gasteiger partial charge in [0.1, 0.15) is 6.17 Å². The van der Waals surface area contributed by atoms with Crippen molar-refractivity contribution in [3.8, 4) is 0 Å². The van der Waals surface area contributed by atoms with Gasteiger partial charge in [-0.3, -0.25) is 0 Å². The molecule has 0 aromatic rings. The van der Waals surface area contributed by atoms with Crippen molar-refractivity contribution < 1.29 is 0 Å². The maximum absolute atomic E-state index is 2.63. The number of nitrogens with zero attached hydrogens (tertiary/aromatic N) is 2. The van der Waals surface area contributed by atoms with Gasteiger partial charge in [0.15, 0.2) is 0 Å². The highest BCUT2D eigenvalue weighted by Gasteiger charge is 2.23. The molecule has 1 aliphatic rings. The van der Waals surface area contributed by atoms with Gasteiger partial charge in [-0.2, -0.15) is 0 Å². The fraction of sp³-hybridized carbons (Fsp3) is 0.950. The summed E-state index contributed by atoms with van der Waals surface area (Å²) in [6, 6.07) is 0. The summed E-state index contributed by atoms with van der Waals surface area (Å²) in [6.45, 7) is 9.49. The van der Waals surface area contributed by atoms with Crippen molar-refractivity contribution in [3.63, 3.8) is 0 Å². The molecule has 0 N–H and O–H groups in total. The summed E-state index contributed by atoms with van der Waals surface area (Å²) in [5.74, 6) is 0. The van der Waals surface area contributed by atoms with Gasteiger partial charge in [0.05, 0.1) is 0 Å². The molecular formula is C40H80N2. The van der Waals surface area contributed by atoms with E-state index < -0.39 is 0 Å². The zero-order chi connectivity index (χ0) is 30.2. The first-order valence-corrected chi connectivity index (χ1v) is 20.0. The normalized spacial score (nSPS) is 15.0. The van der Waals surface area contributed by atoms with Gasteiger partial charge in [-0.25, -0.2) is 0 Å². The van der Waals surface area contributed by atoms with Crippen LogP contribution in [0.3, 0.4) is 0 Å². The van der Waals surface area contributed by atoms with Gasteiger partial charge < -0.3 is 9.80 Å². The summed E-state index contributed by atoms with van der Waals surface area (Å²) < 4.78 is 0. The van der Waals surface area contributed by atoms with Gasteiger partial charge in [0.25, 0.3) is 0 Å². The minimum Gasteiger partial charge on any atom is -0.356 e. The van der Waals surface area contributed by atoms with Crippen molar-refractivity contribution in [2.24, 2.45) is 0 Å². The zero-order valence-corrected chi connectivity index (χ0v) is 29.7. The van der Waals surface area contributed by atoms with Crippen LogP contribution in [0.5, 0.6) is 0 Å². The van der Waals surface area contributed by atoms with Gasteiger partial charge >= 0.3 is 0 Å². The molecule has 1 rings (SSSR count). The lowest BCUT2D eigenvalue weighted by Crippen LogP contribution is -2.38. The predicted molar refractivity (Wildman–Crippen MR) is 191 cm³/mol. The van der Waals surface area contributed by atoms with Crippen molar-refractivity contribution in [2.45, 2.75) is 232 Å². The van der Waals surface area contributed by atoms with E-state index in [-0.39, 0.29) is 0 Å². The molecule has 0 aromatic carbocycles. The molecule has 0 aromatic heterocycles. The fourth-order valence-electron chi connectivity index (χ4n) is 6.98. The number of rotatable bonds is 34. The molecule has 0 spiro atoms. The molecule has 0 bridgehead atoms. The average Bonchev–Trinajstić information content (AvgIpc) is 3.40. The van der Waals surface area contributed by atoms with Crippen molar-refractivity contribution in [2.75, 3.05) is 13.1 Å². The zero-order valence-electron chi connectivity index (χ0n) is 29.7. The number of hydrogen-bond acceptors (Lipinski definition) is 2. The van der Waals surface area contributed by atoms with Crippen LogP contribution >= 0.6 is 0 Å². The highest BCUT2D eigenvalue weighted by molar-refractivity contribution is 4.96. The molecule has 0 radical (unpaired) electrons. The van der Waals surface area contributed by atoms with E-state index in [9.17, 15) is 0 Å². The number of hydrogen-bond donors (Lipinski definition) is 0. The third-order valence-corrected chi connectivity index (χ3v) is 9.87. The Morgan fingerprint density at radius 2 is 0.524 bits per heavy atom. The maximum Gasteiger partial charge on any atom is 0.100 e. The monoisotopic (exact) mass is 589 g/mol. The molecule has 2 nitrogen and oxygen atoms in total. The number of unbranched alkanes of at least 4 members (excludes halogenated alkanes) is 29. The molecule has 1 atom stereocenters. The Balaban J connectivity index is 1.86. The van der Waals surface area contributed by atoms with E-state index in [1.54, 1.807) is 0 Å². The molecule has 2 heteroatoms. The van der Waals surface area contributed by atoms with Crippen LogP contribution < -0.4 is 0 Å². The third kappa shape index (κ3) is 23.8. The van der Waals surface area contributed by atoms with Crippen molar-refractivity contribution in [1.82, 2.24) is 9.80 Å². The Kier molecular flexibility index (Phi) is 29.8. The molecule has 0 fully saturated rings. The van der Waals surface area contributed by atoms with Crippen molar-refractivity contribution >= 4 is 0 Å². The summed E-state index contributed by atoms with van der Waals surface area (Å²) in [4.78, 5) is 5.27. The largest absolute Gasteiger partial charge is 0.356 e. The first-order chi connectivity index (χ1) is 20.8. The van der Waals surface area contributed by atoms with Gasteiger partial charge in [-0.15, -0.1) is 0 Å². The molecule has 0 amide bonds. The maximum atomic E-state index is 2.63. The summed E-state index contributed by atoms with van der Waals surface area (Å²) in [5.41, 5.74) is 0. The minimum absolute atomic E-state index is 0.619. The quantitative estimate of drug-likeness (QED) is 0.0690. The van der Waals surface area contributed by atoms with Gasteiger partial charge in [0.2, 0.25) is 0 Å². The highest BCUT2D eigenvalue weighted by atomic mass is 15.4. The Morgan fingerprint density at radius 3 is 0.738 bits per heavy atom. The molecule has 0 aliphatic carbocycles. The van der Waals surface area contributed by atoms with Crippen LogP contribution in [0.2, 0.25) is 0 Å². The first-order valence-electron chi connectivity index (χ1n) is 20.0. The Morgan fingerprint density at radius 1 is 0.310 bits per heavy atom. The van der Waals surface area contributed by atoms with E-state index in [1.807, 2.05) is 0 Å². The molecule has 250 valence electrons. The predicted octanol–water partition coefficient (Wildman–Crippen LogP) is 13.9. The van der Waals surface area contributed by atoms with Crippen LogP contribution in [0.15, 0.2) is 12.4 Å². The van der Waals surface area contributed by atoms with Crippen LogP contribution in [0.1, 0.15) is 226 Å². The standard InChI is InChI=1S/C40H80N2/c1-4-7-9-11-13-15-17-19-21-22-23-25-27-29-31-33-35-37-42-39-38-41(40(42)6-3)36-34-32-30-28-26-24-20-18-16-14-12-10-8-5-2/h38-40H,4-37H2,1-3H3. The summed E-state index contributed by atoms with van der Waals surface area (Å²) in [6.07, 6.45) is 51.6. The van der Waals surface area contributed by atoms with E-state index in [0.29, 0.717) is 6.17 Å². The SMILES string of the molecule is CCCCCCCCCCCCCCCCCCCN1C=CN(CCCCCCCCCCCCCCCC)C1CC. The summed E-state index contributed by atoms with van der Waals surface area (Å²) in [7, 11) is 0. The van der Waals surface area contributed by atoms with Gasteiger partial charge in [0, 0.05) is 25.5 Å². The molecule has 0 saturated carbocycles. The second-order valence-corrected chi connectivity index (χ2v) is 13.9. The van der Waals surface area contributed by atoms with E-state index in [1.165, 1.54) is 219 Å². The lowest BCUT2D eigenvalue weighted by Gasteiger charge is -2.32. The highest BCUT2D eigenvalue weighted by Crippen LogP contribution is 2.21. The van der Waals surface area contributed by atoms with Crippen LogP contribution in [-0.4, -0.2) is 29.1 Å². The smallest absolute Gasteiger partial charge is 0.100 e. The lowest BCUT2D eigenvalue weighted by molar-refractivity contribution is 0.144. The molecule has 1 aliphatic heterocycles. The Hall–Kier alpha value is -0.660. The van der Waals surface area contributed by atoms with E-state index in [4.69, 9.17) is 0 Å². The third-order valence-electron chi connectivity index (χ3n) is 9.87. The lowest BCUT2D eigenvalue weighted by atomic mass is 10.0.